The molecule has 0 saturated carbocycles. The standard InChI is InChI=1S/C12H11FN2/c1-9-5-12(15-8-14-9)7-10-3-2-4-11(13)6-10/h2-6,8H,7H2,1H3. The van der Waals surface area contributed by atoms with Gasteiger partial charge in [-0.25, -0.2) is 14.4 Å². The van der Waals surface area contributed by atoms with Gasteiger partial charge in [0.05, 0.1) is 0 Å². The summed E-state index contributed by atoms with van der Waals surface area (Å²) in [6, 6.07) is 8.47. The minimum atomic E-state index is -0.210. The molecule has 0 spiro atoms. The van der Waals surface area contributed by atoms with Crippen LogP contribution in [0.25, 0.3) is 0 Å². The van der Waals surface area contributed by atoms with Crippen LogP contribution < -0.4 is 0 Å². The first-order valence-electron chi connectivity index (χ1n) is 4.76. The number of hydrogen-bond acceptors (Lipinski definition) is 2. The van der Waals surface area contributed by atoms with Gasteiger partial charge in [0.2, 0.25) is 0 Å². The first kappa shape index (κ1) is 9.77. The Morgan fingerprint density at radius 1 is 1.20 bits per heavy atom. The third kappa shape index (κ3) is 2.59. The number of hydrogen-bond donors (Lipinski definition) is 0. The molecule has 15 heavy (non-hydrogen) atoms. The van der Waals surface area contributed by atoms with Gasteiger partial charge >= 0.3 is 0 Å². The highest BCUT2D eigenvalue weighted by molar-refractivity contribution is 5.22. The van der Waals surface area contributed by atoms with Crippen molar-refractivity contribution < 1.29 is 4.39 Å². The van der Waals surface area contributed by atoms with Gasteiger partial charge in [0, 0.05) is 17.8 Å². The molecule has 2 aromatic rings. The molecule has 1 aromatic carbocycles. The maximum absolute atomic E-state index is 12.9. The van der Waals surface area contributed by atoms with Crippen molar-refractivity contribution >= 4 is 0 Å². The van der Waals surface area contributed by atoms with Crippen LogP contribution in [0.15, 0.2) is 36.7 Å². The zero-order valence-electron chi connectivity index (χ0n) is 8.44. The molecule has 0 saturated heterocycles. The van der Waals surface area contributed by atoms with E-state index in [4.69, 9.17) is 0 Å². The molecule has 3 heteroatoms. The smallest absolute Gasteiger partial charge is 0.123 e. The van der Waals surface area contributed by atoms with Crippen molar-refractivity contribution in [3.8, 4) is 0 Å². The SMILES string of the molecule is Cc1cc(Cc2cccc(F)c2)ncn1. The van der Waals surface area contributed by atoms with E-state index < -0.39 is 0 Å². The first-order valence-corrected chi connectivity index (χ1v) is 4.76. The Balaban J connectivity index is 2.22. The van der Waals surface area contributed by atoms with Gasteiger partial charge in [-0.2, -0.15) is 0 Å². The number of benzene rings is 1. The topological polar surface area (TPSA) is 25.8 Å². The molecule has 0 fully saturated rings. The minimum Gasteiger partial charge on any atom is -0.242 e. The normalized spacial score (nSPS) is 10.3. The van der Waals surface area contributed by atoms with E-state index >= 15 is 0 Å². The van der Waals surface area contributed by atoms with Crippen molar-refractivity contribution in [2.45, 2.75) is 13.3 Å². The lowest BCUT2D eigenvalue weighted by atomic mass is 10.1. The average Bonchev–Trinajstić information content (AvgIpc) is 2.17. The molecule has 0 amide bonds. The van der Waals surface area contributed by atoms with Gasteiger partial charge in [0.1, 0.15) is 12.1 Å². The van der Waals surface area contributed by atoms with E-state index in [9.17, 15) is 4.39 Å². The van der Waals surface area contributed by atoms with E-state index in [-0.39, 0.29) is 5.82 Å². The van der Waals surface area contributed by atoms with E-state index in [2.05, 4.69) is 9.97 Å². The highest BCUT2D eigenvalue weighted by Gasteiger charge is 1.99. The van der Waals surface area contributed by atoms with Gasteiger partial charge in [0.15, 0.2) is 0 Å². The van der Waals surface area contributed by atoms with Crippen LogP contribution in [0.1, 0.15) is 17.0 Å². The molecular formula is C12H11FN2. The summed E-state index contributed by atoms with van der Waals surface area (Å²) in [7, 11) is 0. The Morgan fingerprint density at radius 3 is 2.80 bits per heavy atom. The predicted molar refractivity (Wildman–Crippen MR) is 56.0 cm³/mol. The quantitative estimate of drug-likeness (QED) is 0.747. The molecular weight excluding hydrogens is 191 g/mol. The Hall–Kier alpha value is -1.77. The lowest BCUT2D eigenvalue weighted by Gasteiger charge is -2.01. The number of nitrogens with zero attached hydrogens (tertiary/aromatic N) is 2. The van der Waals surface area contributed by atoms with Gasteiger partial charge in [-0.15, -0.1) is 0 Å². The van der Waals surface area contributed by atoms with Crippen LogP contribution in [0, 0.1) is 12.7 Å². The van der Waals surface area contributed by atoms with Crippen molar-refractivity contribution in [3.05, 3.63) is 59.4 Å². The van der Waals surface area contributed by atoms with E-state index in [0.717, 1.165) is 17.0 Å². The van der Waals surface area contributed by atoms with E-state index in [0.29, 0.717) is 6.42 Å². The summed E-state index contributed by atoms with van der Waals surface area (Å²) in [4.78, 5) is 8.14. The molecule has 2 rings (SSSR count). The average molecular weight is 202 g/mol. The summed E-state index contributed by atoms with van der Waals surface area (Å²) in [5, 5.41) is 0. The van der Waals surface area contributed by atoms with Crippen molar-refractivity contribution in [1.29, 1.82) is 0 Å². The number of aryl methyl sites for hydroxylation is 1. The van der Waals surface area contributed by atoms with E-state index in [1.807, 2.05) is 19.1 Å². The number of halogens is 1. The lowest BCUT2D eigenvalue weighted by Crippen LogP contribution is -1.94. The Bertz CT molecular complexity index is 425. The minimum absolute atomic E-state index is 0.210. The molecule has 1 heterocycles. The Labute approximate surface area is 87.8 Å². The van der Waals surface area contributed by atoms with Crippen LogP contribution >= 0.6 is 0 Å². The maximum atomic E-state index is 12.9. The summed E-state index contributed by atoms with van der Waals surface area (Å²) < 4.78 is 12.9. The second-order valence-electron chi connectivity index (χ2n) is 3.46. The highest BCUT2D eigenvalue weighted by Crippen LogP contribution is 2.09. The molecule has 76 valence electrons. The van der Waals surface area contributed by atoms with Crippen LogP contribution in [0.5, 0.6) is 0 Å². The van der Waals surface area contributed by atoms with Crippen molar-refractivity contribution in [2.75, 3.05) is 0 Å². The van der Waals surface area contributed by atoms with E-state index in [1.54, 1.807) is 6.07 Å². The van der Waals surface area contributed by atoms with Gasteiger partial charge in [-0.3, -0.25) is 0 Å². The summed E-state index contributed by atoms with van der Waals surface area (Å²) in [5.41, 5.74) is 2.76. The predicted octanol–water partition coefficient (Wildman–Crippen LogP) is 2.51. The van der Waals surface area contributed by atoms with Crippen LogP contribution in [-0.2, 0) is 6.42 Å². The van der Waals surface area contributed by atoms with Gasteiger partial charge < -0.3 is 0 Å². The molecule has 0 aliphatic rings. The van der Waals surface area contributed by atoms with Crippen LogP contribution in [0.4, 0.5) is 4.39 Å². The van der Waals surface area contributed by atoms with E-state index in [1.165, 1.54) is 18.5 Å². The Kier molecular flexibility index (Phi) is 2.72. The molecule has 2 nitrogen and oxygen atoms in total. The van der Waals surface area contributed by atoms with Crippen LogP contribution in [0.3, 0.4) is 0 Å². The second kappa shape index (κ2) is 4.17. The number of aromatic nitrogens is 2. The maximum Gasteiger partial charge on any atom is 0.123 e. The molecule has 0 bridgehead atoms. The zero-order valence-corrected chi connectivity index (χ0v) is 8.44. The van der Waals surface area contributed by atoms with Crippen molar-refractivity contribution in [2.24, 2.45) is 0 Å². The lowest BCUT2D eigenvalue weighted by molar-refractivity contribution is 0.626. The summed E-state index contributed by atoms with van der Waals surface area (Å²) >= 11 is 0. The first-order chi connectivity index (χ1) is 7.24. The van der Waals surface area contributed by atoms with Crippen molar-refractivity contribution in [3.63, 3.8) is 0 Å². The van der Waals surface area contributed by atoms with Crippen LogP contribution in [-0.4, -0.2) is 9.97 Å². The molecule has 0 N–H and O–H groups in total. The molecule has 0 unspecified atom stereocenters. The third-order valence-corrected chi connectivity index (χ3v) is 2.13. The highest BCUT2D eigenvalue weighted by atomic mass is 19.1. The fraction of sp³-hybridized carbons (Fsp3) is 0.167. The fourth-order valence-corrected chi connectivity index (χ4v) is 1.46. The fourth-order valence-electron chi connectivity index (χ4n) is 1.46. The molecule has 0 atom stereocenters. The zero-order chi connectivity index (χ0) is 10.7. The van der Waals surface area contributed by atoms with Gasteiger partial charge in [-0.1, -0.05) is 12.1 Å². The monoisotopic (exact) mass is 202 g/mol. The summed E-state index contributed by atoms with van der Waals surface area (Å²) in [6.45, 7) is 1.91. The molecule has 0 aliphatic heterocycles. The number of rotatable bonds is 2. The molecule has 1 aromatic heterocycles. The molecule has 0 radical (unpaired) electrons. The summed E-state index contributed by atoms with van der Waals surface area (Å²) in [6.07, 6.45) is 2.17. The van der Waals surface area contributed by atoms with Gasteiger partial charge in [-0.05, 0) is 30.7 Å². The second-order valence-corrected chi connectivity index (χ2v) is 3.46. The van der Waals surface area contributed by atoms with Crippen molar-refractivity contribution in [1.82, 2.24) is 9.97 Å². The Morgan fingerprint density at radius 2 is 2.07 bits per heavy atom. The van der Waals surface area contributed by atoms with Gasteiger partial charge in [0.25, 0.3) is 0 Å². The van der Waals surface area contributed by atoms with Crippen LogP contribution in [0.2, 0.25) is 0 Å². The third-order valence-electron chi connectivity index (χ3n) is 2.13. The largest absolute Gasteiger partial charge is 0.242 e. The molecule has 0 aliphatic carbocycles. The summed E-state index contributed by atoms with van der Waals surface area (Å²) in [5.74, 6) is -0.210.